The number of H-pyrrole nitrogens is 1. The maximum Gasteiger partial charge on any atom is 0.420 e. The quantitative estimate of drug-likeness (QED) is 0.892. The highest BCUT2D eigenvalue weighted by Gasteiger charge is 2.36. The maximum atomic E-state index is 12.9. The van der Waals surface area contributed by atoms with Crippen molar-refractivity contribution in [2.45, 2.75) is 6.18 Å². The van der Waals surface area contributed by atoms with E-state index in [2.05, 4.69) is 10.2 Å². The van der Waals surface area contributed by atoms with Crippen LogP contribution in [0.1, 0.15) is 5.56 Å². The summed E-state index contributed by atoms with van der Waals surface area (Å²) >= 11 is 5.81. The summed E-state index contributed by atoms with van der Waals surface area (Å²) < 4.78 is 43.5. The molecule has 1 aromatic carbocycles. The zero-order valence-electron chi connectivity index (χ0n) is 9.68. The van der Waals surface area contributed by atoms with Gasteiger partial charge in [0.05, 0.1) is 23.4 Å². The first-order valence-electron chi connectivity index (χ1n) is 5.09. The number of rotatable bonds is 2. The number of halogens is 4. The van der Waals surface area contributed by atoms with E-state index >= 15 is 0 Å². The number of ether oxygens (including phenoxy) is 1. The van der Waals surface area contributed by atoms with Gasteiger partial charge in [-0.2, -0.15) is 18.3 Å². The second-order valence-electron chi connectivity index (χ2n) is 3.74. The van der Waals surface area contributed by atoms with Crippen LogP contribution in [0.4, 0.5) is 19.0 Å². The second-order valence-corrected chi connectivity index (χ2v) is 4.15. The standard InChI is InChI=1S/C11H9ClF3N3O/c1-19-10-6(11(13,14)15)2-5(3-7(10)12)8-4-9(16)18-17-8/h2-4H,1H3,(H3,16,17,18). The molecule has 3 N–H and O–H groups in total. The van der Waals surface area contributed by atoms with Gasteiger partial charge in [0.2, 0.25) is 0 Å². The average molecular weight is 292 g/mol. The normalized spacial score (nSPS) is 11.6. The molecular formula is C11H9ClF3N3O. The van der Waals surface area contributed by atoms with Crippen molar-refractivity contribution in [1.82, 2.24) is 10.2 Å². The van der Waals surface area contributed by atoms with Crippen molar-refractivity contribution in [1.29, 1.82) is 0 Å². The Labute approximate surface area is 111 Å². The predicted molar refractivity (Wildman–Crippen MR) is 65.0 cm³/mol. The largest absolute Gasteiger partial charge is 0.495 e. The number of hydrogen-bond acceptors (Lipinski definition) is 3. The number of nitrogen functional groups attached to an aromatic ring is 1. The summed E-state index contributed by atoms with van der Waals surface area (Å²) in [6.45, 7) is 0. The molecule has 0 aliphatic rings. The van der Waals surface area contributed by atoms with Crippen LogP contribution in [0.5, 0.6) is 5.75 Å². The summed E-state index contributed by atoms with van der Waals surface area (Å²) in [5.41, 5.74) is 5.02. The molecule has 0 spiro atoms. The number of methoxy groups -OCH3 is 1. The van der Waals surface area contributed by atoms with Crippen LogP contribution in [-0.4, -0.2) is 17.3 Å². The van der Waals surface area contributed by atoms with E-state index in [0.717, 1.165) is 13.2 Å². The summed E-state index contributed by atoms with van der Waals surface area (Å²) in [4.78, 5) is 0. The Bertz CT molecular complexity index is 610. The minimum absolute atomic E-state index is 0.138. The van der Waals surface area contributed by atoms with Crippen molar-refractivity contribution >= 4 is 17.4 Å². The highest BCUT2D eigenvalue weighted by atomic mass is 35.5. The molecule has 8 heteroatoms. The number of aromatic amines is 1. The van der Waals surface area contributed by atoms with Crippen molar-refractivity contribution in [2.75, 3.05) is 12.8 Å². The topological polar surface area (TPSA) is 63.9 Å². The molecular weight excluding hydrogens is 283 g/mol. The van der Waals surface area contributed by atoms with Gasteiger partial charge in [-0.1, -0.05) is 11.6 Å². The maximum absolute atomic E-state index is 12.9. The molecule has 102 valence electrons. The Morgan fingerprint density at radius 2 is 2.00 bits per heavy atom. The predicted octanol–water partition coefficient (Wildman–Crippen LogP) is 3.34. The molecule has 0 unspecified atom stereocenters. The van der Waals surface area contributed by atoms with Crippen molar-refractivity contribution < 1.29 is 17.9 Å². The van der Waals surface area contributed by atoms with E-state index in [4.69, 9.17) is 22.1 Å². The zero-order valence-corrected chi connectivity index (χ0v) is 10.4. The van der Waals surface area contributed by atoms with Gasteiger partial charge < -0.3 is 10.5 Å². The van der Waals surface area contributed by atoms with Crippen molar-refractivity contribution in [3.63, 3.8) is 0 Å². The van der Waals surface area contributed by atoms with E-state index in [1.54, 1.807) is 0 Å². The van der Waals surface area contributed by atoms with Crippen LogP contribution < -0.4 is 10.5 Å². The Balaban J connectivity index is 2.63. The van der Waals surface area contributed by atoms with Gasteiger partial charge in [0.15, 0.2) is 0 Å². The third-order valence-electron chi connectivity index (χ3n) is 2.46. The van der Waals surface area contributed by atoms with E-state index in [0.29, 0.717) is 5.69 Å². The van der Waals surface area contributed by atoms with Crippen molar-refractivity contribution in [2.24, 2.45) is 0 Å². The molecule has 0 saturated heterocycles. The van der Waals surface area contributed by atoms with Gasteiger partial charge in [-0.05, 0) is 12.1 Å². The molecule has 0 aliphatic carbocycles. The Hall–Kier alpha value is -1.89. The van der Waals surface area contributed by atoms with E-state index in [9.17, 15) is 13.2 Å². The number of benzene rings is 1. The van der Waals surface area contributed by atoms with Gasteiger partial charge in [-0.25, -0.2) is 0 Å². The number of aromatic nitrogens is 2. The average Bonchev–Trinajstić information content (AvgIpc) is 2.73. The van der Waals surface area contributed by atoms with Crippen LogP contribution in [0.3, 0.4) is 0 Å². The number of hydrogen-bond donors (Lipinski definition) is 2. The number of nitrogens with two attached hydrogens (primary N) is 1. The van der Waals surface area contributed by atoms with Gasteiger partial charge in [-0.3, -0.25) is 5.10 Å². The van der Waals surface area contributed by atoms with Gasteiger partial charge >= 0.3 is 6.18 Å². The lowest BCUT2D eigenvalue weighted by atomic mass is 10.1. The Kier molecular flexibility index (Phi) is 3.32. The smallest absolute Gasteiger partial charge is 0.420 e. The van der Waals surface area contributed by atoms with E-state index < -0.39 is 17.5 Å². The van der Waals surface area contributed by atoms with Crippen LogP contribution >= 0.6 is 11.6 Å². The second kappa shape index (κ2) is 4.65. The van der Waals surface area contributed by atoms with E-state index in [-0.39, 0.29) is 16.4 Å². The summed E-state index contributed by atoms with van der Waals surface area (Å²) in [7, 11) is 1.13. The van der Waals surface area contributed by atoms with Crippen LogP contribution in [0.2, 0.25) is 5.02 Å². The highest BCUT2D eigenvalue weighted by Crippen LogP contribution is 2.42. The SMILES string of the molecule is COc1c(Cl)cc(-c2cc(N)n[nH]2)cc1C(F)(F)F. The first-order chi connectivity index (χ1) is 8.82. The molecule has 1 aromatic heterocycles. The monoisotopic (exact) mass is 291 g/mol. The lowest BCUT2D eigenvalue weighted by Gasteiger charge is -2.14. The first-order valence-corrected chi connectivity index (χ1v) is 5.46. The molecule has 0 saturated carbocycles. The Morgan fingerprint density at radius 1 is 1.32 bits per heavy atom. The van der Waals surface area contributed by atoms with Gasteiger partial charge in [0, 0.05) is 11.6 Å². The molecule has 0 radical (unpaired) electrons. The van der Waals surface area contributed by atoms with Gasteiger partial charge in [0.1, 0.15) is 11.6 Å². The first kappa shape index (κ1) is 13.5. The molecule has 19 heavy (non-hydrogen) atoms. The minimum Gasteiger partial charge on any atom is -0.495 e. The lowest BCUT2D eigenvalue weighted by Crippen LogP contribution is -2.08. The summed E-state index contributed by atoms with van der Waals surface area (Å²) in [5, 5.41) is 6.04. The lowest BCUT2D eigenvalue weighted by molar-refractivity contribution is -0.138. The third kappa shape index (κ3) is 2.60. The third-order valence-corrected chi connectivity index (χ3v) is 2.74. The number of nitrogens with one attached hydrogen (secondary N) is 1. The number of alkyl halides is 3. The fourth-order valence-electron chi connectivity index (χ4n) is 1.65. The zero-order chi connectivity index (χ0) is 14.2. The number of nitrogens with zero attached hydrogens (tertiary/aromatic N) is 1. The van der Waals surface area contributed by atoms with Gasteiger partial charge in [-0.15, -0.1) is 0 Å². The fraction of sp³-hybridized carbons (Fsp3) is 0.182. The molecule has 0 fully saturated rings. The molecule has 2 rings (SSSR count). The molecule has 0 aliphatic heterocycles. The molecule has 0 bridgehead atoms. The molecule has 4 nitrogen and oxygen atoms in total. The van der Waals surface area contributed by atoms with Gasteiger partial charge in [0.25, 0.3) is 0 Å². The molecule has 0 atom stereocenters. The van der Waals surface area contributed by atoms with Crippen LogP contribution in [0, 0.1) is 0 Å². The van der Waals surface area contributed by atoms with Crippen LogP contribution in [0.25, 0.3) is 11.3 Å². The minimum atomic E-state index is -4.57. The molecule has 2 aromatic rings. The number of anilines is 1. The van der Waals surface area contributed by atoms with E-state index in [1.165, 1.54) is 12.1 Å². The van der Waals surface area contributed by atoms with Crippen molar-refractivity contribution in [3.05, 3.63) is 28.8 Å². The van der Waals surface area contributed by atoms with Crippen molar-refractivity contribution in [3.8, 4) is 17.0 Å². The fourth-order valence-corrected chi connectivity index (χ4v) is 1.95. The van der Waals surface area contributed by atoms with E-state index in [1.807, 2.05) is 0 Å². The highest BCUT2D eigenvalue weighted by molar-refractivity contribution is 6.32. The Morgan fingerprint density at radius 3 is 2.47 bits per heavy atom. The molecule has 0 amide bonds. The molecule has 1 heterocycles. The van der Waals surface area contributed by atoms with Crippen LogP contribution in [0.15, 0.2) is 18.2 Å². The van der Waals surface area contributed by atoms with Crippen LogP contribution in [-0.2, 0) is 6.18 Å². The summed E-state index contributed by atoms with van der Waals surface area (Å²) in [6.07, 6.45) is -4.57. The summed E-state index contributed by atoms with van der Waals surface area (Å²) in [5.74, 6) is -0.235. The summed E-state index contributed by atoms with van der Waals surface area (Å²) in [6, 6.07) is 3.69.